The monoisotopic (exact) mass is 503 g/mol. The van der Waals surface area contributed by atoms with Gasteiger partial charge in [0.15, 0.2) is 6.23 Å². The van der Waals surface area contributed by atoms with Gasteiger partial charge in [-0.15, -0.1) is 0 Å². The molecule has 0 aliphatic carbocycles. The second-order valence-corrected chi connectivity index (χ2v) is 8.69. The highest BCUT2D eigenvalue weighted by Gasteiger charge is 2.21. The van der Waals surface area contributed by atoms with Gasteiger partial charge >= 0.3 is 0 Å². The summed E-state index contributed by atoms with van der Waals surface area (Å²) in [6.07, 6.45) is 4.58. The van der Waals surface area contributed by atoms with Crippen LogP contribution in [0.15, 0.2) is 42.7 Å². The lowest BCUT2D eigenvalue weighted by Crippen LogP contribution is -2.28. The SMILES string of the molecule is Cc1ncc(Cl)c([C@@H](N)Oc2ccc(NC3CCCCO3)c(C(=N)c3ccc(F)nc3)c2)c1Cl. The first-order valence-corrected chi connectivity index (χ1v) is 11.5. The zero-order chi connectivity index (χ0) is 24.2. The zero-order valence-electron chi connectivity index (χ0n) is 18.4. The predicted octanol–water partition coefficient (Wildman–Crippen LogP) is 5.62. The number of pyridine rings is 2. The van der Waals surface area contributed by atoms with E-state index in [1.165, 1.54) is 24.5 Å². The maximum absolute atomic E-state index is 13.3. The lowest BCUT2D eigenvalue weighted by Gasteiger charge is -2.26. The lowest BCUT2D eigenvalue weighted by molar-refractivity contribution is 0.0343. The zero-order valence-corrected chi connectivity index (χ0v) is 20.0. The molecule has 2 atom stereocenters. The Labute approximate surface area is 206 Å². The Balaban J connectivity index is 1.66. The summed E-state index contributed by atoms with van der Waals surface area (Å²) in [6, 6.07) is 7.94. The molecule has 1 aliphatic heterocycles. The molecule has 4 rings (SSSR count). The summed E-state index contributed by atoms with van der Waals surface area (Å²) in [5, 5.41) is 12.7. The van der Waals surface area contributed by atoms with Gasteiger partial charge in [-0.25, -0.2) is 4.98 Å². The molecular formula is C24H24Cl2FN5O2. The first-order valence-electron chi connectivity index (χ1n) is 10.8. The fourth-order valence-corrected chi connectivity index (χ4v) is 4.24. The molecule has 2 aromatic heterocycles. The molecule has 178 valence electrons. The van der Waals surface area contributed by atoms with Crippen LogP contribution in [0.25, 0.3) is 0 Å². The quantitative estimate of drug-likeness (QED) is 0.219. The number of rotatable bonds is 7. The molecule has 1 unspecified atom stereocenters. The number of hydrogen-bond acceptors (Lipinski definition) is 7. The molecule has 0 saturated carbocycles. The van der Waals surface area contributed by atoms with Crippen LogP contribution in [0.4, 0.5) is 10.1 Å². The summed E-state index contributed by atoms with van der Waals surface area (Å²) in [7, 11) is 0. The van der Waals surface area contributed by atoms with Gasteiger partial charge in [-0.1, -0.05) is 23.2 Å². The van der Waals surface area contributed by atoms with Crippen molar-refractivity contribution in [2.75, 3.05) is 11.9 Å². The number of aryl methyl sites for hydroxylation is 1. The van der Waals surface area contributed by atoms with Crippen molar-refractivity contribution in [1.82, 2.24) is 9.97 Å². The Morgan fingerprint density at radius 1 is 1.24 bits per heavy atom. The van der Waals surface area contributed by atoms with Crippen molar-refractivity contribution < 1.29 is 13.9 Å². The van der Waals surface area contributed by atoms with Crippen molar-refractivity contribution >= 4 is 34.6 Å². The second kappa shape index (κ2) is 10.7. The van der Waals surface area contributed by atoms with Crippen LogP contribution in [-0.4, -0.2) is 28.5 Å². The van der Waals surface area contributed by atoms with E-state index < -0.39 is 12.2 Å². The minimum Gasteiger partial charge on any atom is -0.471 e. The maximum Gasteiger partial charge on any atom is 0.212 e. The molecular weight excluding hydrogens is 480 g/mol. The van der Waals surface area contributed by atoms with Crippen molar-refractivity contribution in [3.8, 4) is 5.75 Å². The minimum absolute atomic E-state index is 0.139. The largest absolute Gasteiger partial charge is 0.471 e. The van der Waals surface area contributed by atoms with Crippen LogP contribution in [0.5, 0.6) is 5.75 Å². The Kier molecular flexibility index (Phi) is 7.63. The van der Waals surface area contributed by atoms with Gasteiger partial charge in [-0.2, -0.15) is 4.39 Å². The highest BCUT2D eigenvalue weighted by molar-refractivity contribution is 6.36. The van der Waals surface area contributed by atoms with E-state index in [1.54, 1.807) is 25.1 Å². The number of aromatic nitrogens is 2. The number of hydrogen-bond donors (Lipinski definition) is 3. The molecule has 1 saturated heterocycles. The smallest absolute Gasteiger partial charge is 0.212 e. The summed E-state index contributed by atoms with van der Waals surface area (Å²) in [4.78, 5) is 7.79. The molecule has 0 amide bonds. The summed E-state index contributed by atoms with van der Waals surface area (Å²) in [5.41, 5.74) is 9.08. The van der Waals surface area contributed by atoms with Gasteiger partial charge in [0.1, 0.15) is 12.0 Å². The normalized spacial score (nSPS) is 16.7. The molecule has 1 aliphatic rings. The molecule has 0 spiro atoms. The highest BCUT2D eigenvalue weighted by Crippen LogP contribution is 2.33. The van der Waals surface area contributed by atoms with Crippen LogP contribution in [0.1, 0.15) is 47.9 Å². The molecule has 3 aromatic rings. The van der Waals surface area contributed by atoms with Gasteiger partial charge in [0, 0.05) is 41.4 Å². The van der Waals surface area contributed by atoms with Crippen molar-refractivity contribution in [3.05, 3.63) is 81.1 Å². The first-order chi connectivity index (χ1) is 16.3. The second-order valence-electron chi connectivity index (χ2n) is 7.91. The van der Waals surface area contributed by atoms with Gasteiger partial charge < -0.3 is 14.8 Å². The van der Waals surface area contributed by atoms with Gasteiger partial charge in [0.05, 0.1) is 21.5 Å². The van der Waals surface area contributed by atoms with Gasteiger partial charge in [-0.3, -0.25) is 16.1 Å². The Hall–Kier alpha value is -2.78. The fourth-order valence-electron chi connectivity index (χ4n) is 3.68. The van der Waals surface area contributed by atoms with Crippen LogP contribution >= 0.6 is 23.2 Å². The molecule has 4 N–H and O–H groups in total. The molecule has 3 heterocycles. The van der Waals surface area contributed by atoms with Crippen LogP contribution < -0.4 is 15.8 Å². The van der Waals surface area contributed by atoms with Gasteiger partial charge in [0.2, 0.25) is 5.95 Å². The number of benzene rings is 1. The number of halogens is 3. The van der Waals surface area contributed by atoms with Crippen molar-refractivity contribution in [2.45, 2.75) is 38.6 Å². The number of nitrogens with one attached hydrogen (secondary N) is 2. The molecule has 0 radical (unpaired) electrons. The molecule has 34 heavy (non-hydrogen) atoms. The van der Waals surface area contributed by atoms with Crippen molar-refractivity contribution in [2.24, 2.45) is 5.73 Å². The number of ether oxygens (including phenoxy) is 2. The number of anilines is 1. The third-order valence-electron chi connectivity index (χ3n) is 5.50. The molecule has 10 heteroatoms. The van der Waals surface area contributed by atoms with E-state index in [0.29, 0.717) is 50.5 Å². The molecule has 1 aromatic carbocycles. The topological polar surface area (TPSA) is 106 Å². The summed E-state index contributed by atoms with van der Waals surface area (Å²) in [5.74, 6) is -0.214. The van der Waals surface area contributed by atoms with E-state index in [0.717, 1.165) is 19.3 Å². The summed E-state index contributed by atoms with van der Waals surface area (Å²) >= 11 is 12.6. The maximum atomic E-state index is 13.3. The minimum atomic E-state index is -0.961. The average Bonchev–Trinajstić information content (AvgIpc) is 2.83. The summed E-state index contributed by atoms with van der Waals surface area (Å²) in [6.45, 7) is 2.42. The fraction of sp³-hybridized carbons (Fsp3) is 0.292. The van der Waals surface area contributed by atoms with Crippen LogP contribution in [0.2, 0.25) is 10.0 Å². The number of nitrogens with zero attached hydrogens (tertiary/aromatic N) is 2. The molecule has 7 nitrogen and oxygen atoms in total. The van der Waals surface area contributed by atoms with Crippen LogP contribution in [0.3, 0.4) is 0 Å². The molecule has 0 bridgehead atoms. The highest BCUT2D eigenvalue weighted by atomic mass is 35.5. The van der Waals surface area contributed by atoms with E-state index in [2.05, 4.69) is 15.3 Å². The van der Waals surface area contributed by atoms with Crippen molar-refractivity contribution in [3.63, 3.8) is 0 Å². The Morgan fingerprint density at radius 3 is 2.76 bits per heavy atom. The average molecular weight is 504 g/mol. The van der Waals surface area contributed by atoms with E-state index in [9.17, 15) is 4.39 Å². The Bertz CT molecular complexity index is 1190. The van der Waals surface area contributed by atoms with E-state index in [4.69, 9.17) is 43.8 Å². The third-order valence-corrected chi connectivity index (χ3v) is 6.28. The Morgan fingerprint density at radius 2 is 2.06 bits per heavy atom. The van der Waals surface area contributed by atoms with Crippen molar-refractivity contribution in [1.29, 1.82) is 5.41 Å². The summed E-state index contributed by atoms with van der Waals surface area (Å²) < 4.78 is 25.1. The van der Waals surface area contributed by atoms with E-state index in [1.807, 2.05) is 0 Å². The predicted molar refractivity (Wildman–Crippen MR) is 130 cm³/mol. The first kappa shape index (κ1) is 24.3. The van der Waals surface area contributed by atoms with Crippen LogP contribution in [0, 0.1) is 18.3 Å². The number of nitrogens with two attached hydrogens (primary N) is 1. The third kappa shape index (κ3) is 5.47. The van der Waals surface area contributed by atoms with E-state index >= 15 is 0 Å². The van der Waals surface area contributed by atoms with Gasteiger partial charge in [-0.05, 0) is 56.5 Å². The van der Waals surface area contributed by atoms with E-state index in [-0.39, 0.29) is 11.9 Å². The molecule has 1 fully saturated rings. The van der Waals surface area contributed by atoms with Crippen LogP contribution in [-0.2, 0) is 4.74 Å². The lowest BCUT2D eigenvalue weighted by atomic mass is 10.0. The van der Waals surface area contributed by atoms with Gasteiger partial charge in [0.25, 0.3) is 0 Å². The standard InChI is InChI=1S/C24H24Cl2FN5O2/c1-13-22(26)21(17(25)12-30-13)24(29)34-15-6-7-18(32-20-4-2-3-9-33-20)16(10-15)23(28)14-5-8-19(27)31-11-14/h5-8,10-12,20,24,28,32H,2-4,9,29H2,1H3/t20?,24-/m0/s1.